The summed E-state index contributed by atoms with van der Waals surface area (Å²) in [4.78, 5) is 0. The summed E-state index contributed by atoms with van der Waals surface area (Å²) in [5, 5.41) is 20.3. The van der Waals surface area contributed by atoms with Crippen LogP contribution in [0.4, 0.5) is 0 Å². The second-order valence-corrected chi connectivity index (χ2v) is 9.07. The molecule has 2 nitrogen and oxygen atoms in total. The van der Waals surface area contributed by atoms with Crippen LogP contribution in [0.2, 0.25) is 0 Å². The van der Waals surface area contributed by atoms with Crippen molar-refractivity contribution in [3.63, 3.8) is 0 Å². The lowest BCUT2D eigenvalue weighted by Gasteiger charge is -2.18. The van der Waals surface area contributed by atoms with Gasteiger partial charge >= 0.3 is 0 Å². The Kier molecular flexibility index (Phi) is 7.70. The summed E-state index contributed by atoms with van der Waals surface area (Å²) >= 11 is 0. The summed E-state index contributed by atoms with van der Waals surface area (Å²) in [6.07, 6.45) is 6.76. The summed E-state index contributed by atoms with van der Waals surface area (Å²) in [5.74, 6) is 2.54. The lowest BCUT2D eigenvalue weighted by atomic mass is 9.94. The topological polar surface area (TPSA) is 40.5 Å². The fourth-order valence-electron chi connectivity index (χ4n) is 4.92. The van der Waals surface area contributed by atoms with Crippen LogP contribution in [0, 0.1) is 23.7 Å². The van der Waals surface area contributed by atoms with E-state index in [2.05, 4.69) is 13.8 Å². The Balaban J connectivity index is 0.000000161. The number of rotatable bonds is 4. The molecule has 0 aliphatic heterocycles. The molecule has 6 atom stereocenters. The lowest BCUT2D eigenvalue weighted by molar-refractivity contribution is 0.109. The molecular formula is C26H36O2. The molecule has 2 saturated carbocycles. The number of hydrogen-bond donors (Lipinski definition) is 2. The van der Waals surface area contributed by atoms with Gasteiger partial charge in [-0.2, -0.15) is 0 Å². The van der Waals surface area contributed by atoms with Crippen molar-refractivity contribution < 1.29 is 10.2 Å². The molecule has 2 heteroatoms. The number of aliphatic hydroxyl groups is 2. The average Bonchev–Trinajstić information content (AvgIpc) is 3.37. The van der Waals surface area contributed by atoms with Crippen LogP contribution >= 0.6 is 0 Å². The maximum Gasteiger partial charge on any atom is 0.0818 e. The number of hydrogen-bond acceptors (Lipinski definition) is 2. The van der Waals surface area contributed by atoms with E-state index in [-0.39, 0.29) is 12.2 Å². The first-order valence-electron chi connectivity index (χ1n) is 11.0. The molecule has 2 fully saturated rings. The molecule has 0 amide bonds. The second kappa shape index (κ2) is 10.2. The smallest absolute Gasteiger partial charge is 0.0818 e. The van der Waals surface area contributed by atoms with Gasteiger partial charge in [-0.3, -0.25) is 0 Å². The molecule has 0 unspecified atom stereocenters. The minimum Gasteiger partial charge on any atom is -0.388 e. The maximum atomic E-state index is 10.1. The van der Waals surface area contributed by atoms with Gasteiger partial charge in [-0.05, 0) is 60.5 Å². The number of aliphatic hydroxyl groups excluding tert-OH is 2. The minimum atomic E-state index is -0.249. The fraction of sp³-hybridized carbons (Fsp3) is 0.538. The normalized spacial score (nSPS) is 29.0. The Hall–Kier alpha value is -1.64. The molecule has 2 aromatic rings. The zero-order valence-electron chi connectivity index (χ0n) is 17.4. The summed E-state index contributed by atoms with van der Waals surface area (Å²) in [7, 11) is 0. The Labute approximate surface area is 170 Å². The van der Waals surface area contributed by atoms with Crippen LogP contribution in [0.5, 0.6) is 0 Å². The first kappa shape index (κ1) is 21.1. The zero-order chi connectivity index (χ0) is 19.9. The van der Waals surface area contributed by atoms with Gasteiger partial charge in [-0.1, -0.05) is 87.4 Å². The maximum absolute atomic E-state index is 10.1. The van der Waals surface area contributed by atoms with Crippen LogP contribution in [0.25, 0.3) is 0 Å². The average molecular weight is 381 g/mol. The van der Waals surface area contributed by atoms with Crippen molar-refractivity contribution in [3.05, 3.63) is 71.8 Å². The SMILES string of the molecule is C[C@@H]1CC[C@H]([C@H](O)c2ccccc2)C1.C[C@H]1CC[C@@H]([C@@H](O)c2ccccc2)C1. The van der Waals surface area contributed by atoms with Gasteiger partial charge < -0.3 is 10.2 Å². The van der Waals surface area contributed by atoms with E-state index in [0.29, 0.717) is 11.8 Å². The molecule has 2 aliphatic rings. The molecule has 0 heterocycles. The monoisotopic (exact) mass is 380 g/mol. The molecule has 28 heavy (non-hydrogen) atoms. The van der Waals surface area contributed by atoms with Crippen molar-refractivity contribution in [2.24, 2.45) is 23.7 Å². The summed E-state index contributed by atoms with van der Waals surface area (Å²) in [6, 6.07) is 20.1. The highest BCUT2D eigenvalue weighted by Crippen LogP contribution is 2.39. The van der Waals surface area contributed by atoms with E-state index in [0.717, 1.165) is 23.0 Å². The molecule has 4 rings (SSSR count). The van der Waals surface area contributed by atoms with Gasteiger partial charge in [0, 0.05) is 0 Å². The van der Waals surface area contributed by atoms with E-state index in [1.54, 1.807) is 0 Å². The van der Waals surface area contributed by atoms with E-state index in [4.69, 9.17) is 0 Å². The van der Waals surface area contributed by atoms with Gasteiger partial charge in [-0.15, -0.1) is 0 Å². The molecular weight excluding hydrogens is 344 g/mol. The molecule has 0 spiro atoms. The third kappa shape index (κ3) is 5.68. The van der Waals surface area contributed by atoms with E-state index in [1.807, 2.05) is 60.7 Å². The first-order valence-corrected chi connectivity index (χ1v) is 11.0. The van der Waals surface area contributed by atoms with E-state index >= 15 is 0 Å². The predicted molar refractivity (Wildman–Crippen MR) is 116 cm³/mol. The highest BCUT2D eigenvalue weighted by Gasteiger charge is 2.29. The highest BCUT2D eigenvalue weighted by atomic mass is 16.3. The van der Waals surface area contributed by atoms with Crippen LogP contribution < -0.4 is 0 Å². The molecule has 0 aromatic heterocycles. The molecule has 2 aliphatic carbocycles. The highest BCUT2D eigenvalue weighted by molar-refractivity contribution is 5.19. The van der Waals surface area contributed by atoms with Crippen LogP contribution in [-0.4, -0.2) is 10.2 Å². The Morgan fingerprint density at radius 3 is 1.25 bits per heavy atom. The Morgan fingerprint density at radius 2 is 0.964 bits per heavy atom. The summed E-state index contributed by atoms with van der Waals surface area (Å²) in [5.41, 5.74) is 2.15. The Morgan fingerprint density at radius 1 is 0.607 bits per heavy atom. The Bertz CT molecular complexity index is 623. The number of benzene rings is 2. The van der Waals surface area contributed by atoms with Crippen LogP contribution in [0.15, 0.2) is 60.7 Å². The molecule has 0 saturated heterocycles. The van der Waals surface area contributed by atoms with Gasteiger partial charge in [0.25, 0.3) is 0 Å². The van der Waals surface area contributed by atoms with Crippen molar-refractivity contribution >= 4 is 0 Å². The van der Waals surface area contributed by atoms with E-state index < -0.39 is 0 Å². The lowest BCUT2D eigenvalue weighted by Crippen LogP contribution is -2.09. The van der Waals surface area contributed by atoms with Crippen LogP contribution in [0.3, 0.4) is 0 Å². The van der Waals surface area contributed by atoms with Gasteiger partial charge in [0.2, 0.25) is 0 Å². The van der Waals surface area contributed by atoms with E-state index in [9.17, 15) is 10.2 Å². The molecule has 2 aromatic carbocycles. The van der Waals surface area contributed by atoms with Crippen molar-refractivity contribution in [2.75, 3.05) is 0 Å². The fourth-order valence-corrected chi connectivity index (χ4v) is 4.92. The molecule has 2 N–H and O–H groups in total. The van der Waals surface area contributed by atoms with Gasteiger partial charge in [0.05, 0.1) is 12.2 Å². The van der Waals surface area contributed by atoms with Gasteiger partial charge in [0.15, 0.2) is 0 Å². The van der Waals surface area contributed by atoms with E-state index in [1.165, 1.54) is 38.5 Å². The quantitative estimate of drug-likeness (QED) is 0.652. The molecule has 0 bridgehead atoms. The van der Waals surface area contributed by atoms with Crippen molar-refractivity contribution in [1.82, 2.24) is 0 Å². The molecule has 0 radical (unpaired) electrons. The second-order valence-electron chi connectivity index (χ2n) is 9.07. The van der Waals surface area contributed by atoms with Gasteiger partial charge in [0.1, 0.15) is 0 Å². The van der Waals surface area contributed by atoms with Crippen molar-refractivity contribution in [2.45, 2.75) is 64.6 Å². The zero-order valence-corrected chi connectivity index (χ0v) is 17.4. The third-order valence-corrected chi connectivity index (χ3v) is 6.65. The van der Waals surface area contributed by atoms with Gasteiger partial charge in [-0.25, -0.2) is 0 Å². The predicted octanol–water partition coefficient (Wildman–Crippen LogP) is 6.31. The van der Waals surface area contributed by atoms with Crippen LogP contribution in [0.1, 0.15) is 75.7 Å². The third-order valence-electron chi connectivity index (χ3n) is 6.65. The van der Waals surface area contributed by atoms with Crippen molar-refractivity contribution in [3.8, 4) is 0 Å². The standard InChI is InChI=1S/2C13H18O/c2*1-10-7-8-12(9-10)13(14)11-5-3-2-4-6-11/h2*2-6,10,12-14H,7-9H2,1H3/t2*10-,12+,13-/m10/s1. The largest absolute Gasteiger partial charge is 0.388 e. The van der Waals surface area contributed by atoms with Crippen LogP contribution in [-0.2, 0) is 0 Å². The minimum absolute atomic E-state index is 0.249. The summed E-state index contributed by atoms with van der Waals surface area (Å²) in [6.45, 7) is 4.55. The summed E-state index contributed by atoms with van der Waals surface area (Å²) < 4.78 is 0. The first-order chi connectivity index (χ1) is 13.5. The molecule has 152 valence electrons. The van der Waals surface area contributed by atoms with Crippen molar-refractivity contribution in [1.29, 1.82) is 0 Å².